The standard InChI is InChI=1S/2C7H11NO3.2C7H10O4.2C6H9NO3.2C6H8O4.C6H10O3.C5H9NO.C5H8O2.C4H7NO.C4H6O2/c1-5(2)7(10)8-4-6(9)11-3;1-5(2)7(10)8-4-11-6(3)9;1-5(2)7(9)11-4-6(8)10-3;1-5(2)7(9)11-4-10-6(3)8;1-3-5(8)7-4-6(9)10-2;1-3-6(9)7-4-10-5(2)8;1-3-5(7)10-4-6(8)9-2;1-3-6(8)10-4-9-5(2)7;1-5(2)6(7)9-4-8-3;1-4(2)5(7)6-3;1-4(2)5(6)7-3;1-3-4(6)5-2;1-3-4(5)6-2/h2*1,4H2,2-3H3,(H,8,10);2*1,4H2,2-3H3;3H,1,4H2,2H3,(H,7,8);3H,1,4H2,2H3,(H,7,9);2*3H,1,4H2,2H3;1,4H2,2-3H3;1H2,2-3H3,(H,6,7);1H2,2-3H3;3H,1H2,2H3,(H,5,6);3H,1H2,2H3. The highest BCUT2D eigenvalue weighted by atomic mass is 16.7. The van der Waals surface area contributed by atoms with E-state index in [2.05, 4.69) is 193 Å². The lowest BCUT2D eigenvalue weighted by Gasteiger charge is -2.03. The zero-order valence-electron chi connectivity index (χ0n) is 71.1. The quantitative estimate of drug-likeness (QED) is 0.0251. The summed E-state index contributed by atoms with van der Waals surface area (Å²) in [5, 5.41) is 14.0. The van der Waals surface area contributed by atoms with Gasteiger partial charge >= 0.3 is 89.5 Å². The number of ether oxygens (including phenoxy) is 16. The molecule has 6 N–H and O–H groups in total. The average Bonchev–Trinajstić information content (AvgIpc) is 0.998. The van der Waals surface area contributed by atoms with Crippen LogP contribution in [0.3, 0.4) is 0 Å². The molecular formula is C76H116N6O37. The molecule has 0 aromatic heterocycles. The van der Waals surface area contributed by atoms with Gasteiger partial charge in [0.25, 0.3) is 0 Å². The molecule has 43 heteroatoms. The Labute approximate surface area is 692 Å². The maximum Gasteiger partial charge on any atom is 0.344 e. The Morgan fingerprint density at radius 1 is 0.261 bits per heavy atom. The summed E-state index contributed by atoms with van der Waals surface area (Å²) in [4.78, 5) is 217. The Hall–Kier alpha value is -14.6. The van der Waals surface area contributed by atoms with Crippen LogP contribution in [-0.2, 0) is 176 Å². The Morgan fingerprint density at radius 2 is 0.563 bits per heavy atom. The third kappa shape index (κ3) is 133. The van der Waals surface area contributed by atoms with Gasteiger partial charge in [0.1, 0.15) is 13.1 Å². The van der Waals surface area contributed by atoms with E-state index in [-0.39, 0.29) is 113 Å². The molecule has 43 nitrogen and oxygen atoms in total. The van der Waals surface area contributed by atoms with E-state index in [9.17, 15) is 101 Å². The first-order valence-electron chi connectivity index (χ1n) is 32.3. The minimum absolute atomic E-state index is 0.00824. The molecule has 0 unspecified atom stereocenters. The van der Waals surface area contributed by atoms with E-state index < -0.39 is 83.6 Å². The molecule has 0 aliphatic heterocycles. The van der Waals surface area contributed by atoms with Crippen LogP contribution in [0.15, 0.2) is 161 Å². The van der Waals surface area contributed by atoms with Crippen molar-refractivity contribution in [1.29, 1.82) is 0 Å². The number of likely N-dealkylation sites (N-methyl/N-ethyl adjacent to an activating group) is 2. The summed E-state index contributed by atoms with van der Waals surface area (Å²) in [5.41, 5.74) is 2.65. The van der Waals surface area contributed by atoms with E-state index in [0.29, 0.717) is 27.9 Å². The van der Waals surface area contributed by atoms with Crippen LogP contribution >= 0.6 is 0 Å². The fourth-order valence-electron chi connectivity index (χ4n) is 3.20. The van der Waals surface area contributed by atoms with Gasteiger partial charge in [-0.05, 0) is 66.7 Å². The highest BCUT2D eigenvalue weighted by Crippen LogP contribution is 1.95. The van der Waals surface area contributed by atoms with Crippen LogP contribution in [0.25, 0.3) is 0 Å². The molecule has 0 rings (SSSR count). The summed E-state index contributed by atoms with van der Waals surface area (Å²) in [5.74, 6) is -9.14. The first kappa shape index (κ1) is 134. The second-order valence-corrected chi connectivity index (χ2v) is 19.6. The fourth-order valence-corrected chi connectivity index (χ4v) is 3.20. The highest BCUT2D eigenvalue weighted by Gasteiger charge is 2.09. The summed E-state index contributed by atoms with van der Waals surface area (Å²) in [6, 6.07) is 0. The van der Waals surface area contributed by atoms with Gasteiger partial charge in [0.2, 0.25) is 49.0 Å². The Morgan fingerprint density at radius 3 is 0.815 bits per heavy atom. The number of amides is 6. The zero-order chi connectivity index (χ0) is 96.3. The summed E-state index contributed by atoms with van der Waals surface area (Å²) in [7, 11) is 12.2. The maximum absolute atomic E-state index is 10.7. The van der Waals surface area contributed by atoms with E-state index in [0.717, 1.165) is 30.4 Å². The largest absolute Gasteiger partial charge is 0.468 e. The molecule has 6 amide bonds. The van der Waals surface area contributed by atoms with Crippen LogP contribution in [0.2, 0.25) is 0 Å². The first-order valence-corrected chi connectivity index (χ1v) is 32.3. The van der Waals surface area contributed by atoms with Crippen LogP contribution < -0.4 is 31.9 Å². The van der Waals surface area contributed by atoms with Crippen LogP contribution in [0.1, 0.15) is 76.2 Å². The molecule has 0 saturated heterocycles. The third-order valence-electron chi connectivity index (χ3n) is 9.09. The van der Waals surface area contributed by atoms with Crippen molar-refractivity contribution in [2.75, 3.05) is 124 Å². The van der Waals surface area contributed by atoms with Crippen LogP contribution in [0, 0.1) is 0 Å². The third-order valence-corrected chi connectivity index (χ3v) is 9.09. The van der Waals surface area contributed by atoms with Gasteiger partial charge in [-0.1, -0.05) is 85.5 Å². The molecule has 0 heterocycles. The van der Waals surface area contributed by atoms with Crippen LogP contribution in [0.4, 0.5) is 0 Å². The van der Waals surface area contributed by atoms with E-state index in [4.69, 9.17) is 0 Å². The first-order chi connectivity index (χ1) is 55.1. The lowest BCUT2D eigenvalue weighted by molar-refractivity contribution is -0.164. The van der Waals surface area contributed by atoms with E-state index in [1.807, 2.05) is 0 Å². The summed E-state index contributed by atoms with van der Waals surface area (Å²) >= 11 is 0. The van der Waals surface area contributed by atoms with Crippen molar-refractivity contribution in [2.24, 2.45) is 0 Å². The van der Waals surface area contributed by atoms with Gasteiger partial charge in [-0.2, -0.15) is 0 Å². The predicted octanol–water partition coefficient (Wildman–Crippen LogP) is 2.37. The van der Waals surface area contributed by atoms with Crippen molar-refractivity contribution in [3.05, 3.63) is 161 Å². The van der Waals surface area contributed by atoms with Gasteiger partial charge in [0.15, 0.2) is 33.5 Å². The number of rotatable bonds is 31. The van der Waals surface area contributed by atoms with E-state index >= 15 is 0 Å². The van der Waals surface area contributed by atoms with Crippen LogP contribution in [-0.4, -0.2) is 249 Å². The molecule has 0 aliphatic carbocycles. The molecule has 0 fully saturated rings. The van der Waals surface area contributed by atoms with Crippen molar-refractivity contribution in [3.8, 4) is 0 Å². The molecule has 0 aromatic carbocycles. The number of methoxy groups -OCH3 is 7. The van der Waals surface area contributed by atoms with Gasteiger partial charge in [-0.3, -0.25) is 57.5 Å². The topological polar surface area (TPSA) is 578 Å². The Bertz CT molecular complexity index is 3180. The van der Waals surface area contributed by atoms with Gasteiger partial charge in [0.05, 0.1) is 42.7 Å². The number of hydrogen-bond donors (Lipinski definition) is 6. The number of nitrogens with one attached hydrogen (secondary N) is 6. The number of hydrogen-bond acceptors (Lipinski definition) is 37. The summed E-state index contributed by atoms with van der Waals surface area (Å²) in [6.07, 6.45) is 6.48. The van der Waals surface area contributed by atoms with Crippen molar-refractivity contribution in [2.45, 2.75) is 76.2 Å². The molecule has 0 spiro atoms. The zero-order valence-corrected chi connectivity index (χ0v) is 71.1. The van der Waals surface area contributed by atoms with Gasteiger partial charge < -0.3 is 108 Å². The van der Waals surface area contributed by atoms with Gasteiger partial charge in [-0.25, -0.2) is 43.2 Å². The molecule has 0 radical (unpaired) electrons. The minimum Gasteiger partial charge on any atom is -0.468 e. The average molecular weight is 1710 g/mol. The maximum atomic E-state index is 10.7. The van der Waals surface area contributed by atoms with Gasteiger partial charge in [-0.15, -0.1) is 0 Å². The monoisotopic (exact) mass is 1700 g/mol. The van der Waals surface area contributed by atoms with Gasteiger partial charge in [0, 0.05) is 106 Å². The predicted molar refractivity (Wildman–Crippen MR) is 426 cm³/mol. The Balaban J connectivity index is -0.0000000934. The molecule has 0 atom stereocenters. The highest BCUT2D eigenvalue weighted by molar-refractivity contribution is 5.95. The van der Waals surface area contributed by atoms with Crippen molar-refractivity contribution >= 4 is 125 Å². The van der Waals surface area contributed by atoms with E-state index in [1.54, 1.807) is 48.7 Å². The summed E-state index contributed by atoms with van der Waals surface area (Å²) in [6.45, 7) is 56.8. The molecule has 0 saturated carbocycles. The van der Waals surface area contributed by atoms with Crippen LogP contribution in [0.5, 0.6) is 0 Å². The molecular weight excluding hydrogens is 1590 g/mol. The second kappa shape index (κ2) is 95.8. The molecule has 0 bridgehead atoms. The van der Waals surface area contributed by atoms with E-state index in [1.165, 1.54) is 97.4 Å². The lowest BCUT2D eigenvalue weighted by Crippen LogP contribution is -2.30. The molecule has 0 aliphatic rings. The number of carbonyl (C=O) groups is 21. The number of esters is 15. The molecule has 119 heavy (non-hydrogen) atoms. The molecule has 0 aromatic rings. The minimum atomic E-state index is -0.634. The summed E-state index contributed by atoms with van der Waals surface area (Å²) < 4.78 is 69.3. The van der Waals surface area contributed by atoms with Crippen molar-refractivity contribution in [1.82, 2.24) is 31.9 Å². The smallest absolute Gasteiger partial charge is 0.344 e. The molecule has 672 valence electrons. The second-order valence-electron chi connectivity index (χ2n) is 19.6. The van der Waals surface area contributed by atoms with Crippen molar-refractivity contribution in [3.63, 3.8) is 0 Å². The lowest BCUT2D eigenvalue weighted by atomic mass is 10.3. The van der Waals surface area contributed by atoms with Crippen molar-refractivity contribution < 1.29 is 176 Å². The SMILES string of the molecule is C=C(C)C(=O)NC.C=C(C)C(=O)NCC(=O)OC.C=C(C)C(=O)NCOC(C)=O.C=C(C)C(=O)OC.C=C(C)C(=O)OCC(=O)OC.C=C(C)C(=O)OCOC.C=C(C)C(=O)OCOC(C)=O.C=CC(=O)NC.C=CC(=O)NCC(=O)OC.C=CC(=O)NCOC(C)=O.C=CC(=O)OC.C=CC(=O)OCC(=O)OC.C=CC(=O)OCOC(C)=O. The normalized spacial score (nSPS) is 8.13. The fraction of sp³-hybridized carbons (Fsp3) is 0.382. The Kier molecular flexibility index (Phi) is 108. The number of carbonyl (C=O) groups excluding carboxylic acids is 21.